The number of benzene rings is 2. The summed E-state index contributed by atoms with van der Waals surface area (Å²) < 4.78 is 45.1. The van der Waals surface area contributed by atoms with Crippen LogP contribution in [0.1, 0.15) is 11.1 Å². The highest BCUT2D eigenvalue weighted by atomic mass is 32.1. The van der Waals surface area contributed by atoms with Crippen LogP contribution >= 0.6 is 11.3 Å². The lowest BCUT2D eigenvalue weighted by molar-refractivity contribution is -0.136. The molecule has 0 spiro atoms. The number of hydrogen-bond donors (Lipinski definition) is 2. The summed E-state index contributed by atoms with van der Waals surface area (Å²) >= 11 is 1.22. The number of carbonyl (C=O) groups excluding carboxylic acids is 1. The third-order valence-corrected chi connectivity index (χ3v) is 4.73. The molecule has 9 heteroatoms. The first-order chi connectivity index (χ1) is 12.3. The molecule has 1 aromatic heterocycles. The van der Waals surface area contributed by atoms with Crippen molar-refractivity contribution in [3.8, 4) is 5.75 Å². The van der Waals surface area contributed by atoms with Crippen LogP contribution in [0.4, 0.5) is 28.8 Å². The Bertz CT molecular complexity index is 970. The fraction of sp³-hybridized carbons (Fsp3) is 0.176. The van der Waals surface area contributed by atoms with Crippen LogP contribution in [-0.4, -0.2) is 18.1 Å². The van der Waals surface area contributed by atoms with Gasteiger partial charge >= 0.3 is 12.2 Å². The third kappa shape index (κ3) is 3.57. The summed E-state index contributed by atoms with van der Waals surface area (Å²) in [5.74, 6) is 0.553. The number of nitrogens with zero attached hydrogens (tertiary/aromatic N) is 1. The van der Waals surface area contributed by atoms with Crippen molar-refractivity contribution in [2.24, 2.45) is 0 Å². The average Bonchev–Trinajstić information content (AvgIpc) is 2.99. The van der Waals surface area contributed by atoms with Gasteiger partial charge in [0.2, 0.25) is 0 Å². The van der Waals surface area contributed by atoms with Gasteiger partial charge < -0.3 is 10.1 Å². The Morgan fingerprint density at radius 1 is 1.15 bits per heavy atom. The maximum absolute atomic E-state index is 13.0. The van der Waals surface area contributed by atoms with Gasteiger partial charge in [0.15, 0.2) is 5.13 Å². The predicted molar refractivity (Wildman–Crippen MR) is 95.0 cm³/mol. The van der Waals surface area contributed by atoms with E-state index >= 15 is 0 Å². The molecule has 0 fully saturated rings. The molecule has 3 aromatic rings. The van der Waals surface area contributed by atoms with Crippen LogP contribution in [0.25, 0.3) is 10.2 Å². The minimum Gasteiger partial charge on any atom is -0.494 e. The summed E-state index contributed by atoms with van der Waals surface area (Å²) in [7, 11) is 1.51. The van der Waals surface area contributed by atoms with E-state index in [2.05, 4.69) is 15.6 Å². The molecule has 0 bridgehead atoms. The number of thiazole rings is 1. The van der Waals surface area contributed by atoms with Crippen molar-refractivity contribution in [1.29, 1.82) is 0 Å². The van der Waals surface area contributed by atoms with Crippen LogP contribution in [-0.2, 0) is 6.18 Å². The van der Waals surface area contributed by atoms with Crippen LogP contribution in [0.15, 0.2) is 36.4 Å². The van der Waals surface area contributed by atoms with Crippen LogP contribution in [0.2, 0.25) is 0 Å². The molecule has 5 nitrogen and oxygen atoms in total. The molecular weight excluding hydrogens is 367 g/mol. The van der Waals surface area contributed by atoms with E-state index in [9.17, 15) is 18.0 Å². The molecule has 0 aliphatic heterocycles. The topological polar surface area (TPSA) is 63.2 Å². The van der Waals surface area contributed by atoms with Crippen molar-refractivity contribution in [2.45, 2.75) is 13.1 Å². The largest absolute Gasteiger partial charge is 0.494 e. The first kappa shape index (κ1) is 18.0. The second-order valence-electron chi connectivity index (χ2n) is 5.40. The molecule has 0 saturated carbocycles. The summed E-state index contributed by atoms with van der Waals surface area (Å²) in [4.78, 5) is 16.4. The van der Waals surface area contributed by atoms with E-state index in [4.69, 9.17) is 4.74 Å². The quantitative estimate of drug-likeness (QED) is 0.649. The van der Waals surface area contributed by atoms with Crippen molar-refractivity contribution in [2.75, 3.05) is 17.7 Å². The van der Waals surface area contributed by atoms with Gasteiger partial charge in [0.25, 0.3) is 0 Å². The van der Waals surface area contributed by atoms with Crippen LogP contribution in [0, 0.1) is 6.92 Å². The lowest BCUT2D eigenvalue weighted by Gasteiger charge is -2.13. The third-order valence-electron chi connectivity index (χ3n) is 3.62. The van der Waals surface area contributed by atoms with Crippen LogP contribution in [0.5, 0.6) is 5.75 Å². The maximum atomic E-state index is 13.0. The van der Waals surface area contributed by atoms with Crippen molar-refractivity contribution >= 4 is 38.4 Å². The second-order valence-corrected chi connectivity index (χ2v) is 6.40. The molecule has 0 aliphatic carbocycles. The lowest BCUT2D eigenvalue weighted by atomic mass is 10.1. The number of halogens is 3. The molecule has 1 heterocycles. The van der Waals surface area contributed by atoms with E-state index in [0.29, 0.717) is 11.3 Å². The monoisotopic (exact) mass is 381 g/mol. The highest BCUT2D eigenvalue weighted by Crippen LogP contribution is 2.36. The Hall–Kier alpha value is -2.81. The number of alkyl halides is 3. The number of amides is 2. The maximum Gasteiger partial charge on any atom is 0.418 e. The highest BCUT2D eigenvalue weighted by molar-refractivity contribution is 7.22. The summed E-state index contributed by atoms with van der Waals surface area (Å²) in [6.07, 6.45) is -4.57. The minimum atomic E-state index is -4.57. The Morgan fingerprint density at radius 3 is 2.58 bits per heavy atom. The molecule has 136 valence electrons. The Labute approximate surface area is 150 Å². The standard InChI is InChI=1S/C17H14F3N3O2S/c1-9-7-8-12(25-2)13-14(9)26-16(22-13)23-15(24)21-11-6-4-3-5-10(11)17(18,19)20/h3-8H,1-2H3,(H2,21,22,23,24). The number of aromatic nitrogens is 1. The number of anilines is 2. The molecule has 0 atom stereocenters. The van der Waals surface area contributed by atoms with Crippen LogP contribution < -0.4 is 15.4 Å². The number of carbonyl (C=O) groups is 1. The average molecular weight is 381 g/mol. The first-order valence-corrected chi connectivity index (χ1v) is 8.29. The molecule has 2 amide bonds. The number of ether oxygens (including phenoxy) is 1. The fourth-order valence-corrected chi connectivity index (χ4v) is 3.36. The summed E-state index contributed by atoms with van der Waals surface area (Å²) in [6, 6.07) is 7.59. The van der Waals surface area contributed by atoms with E-state index in [-0.39, 0.29) is 10.8 Å². The molecule has 0 unspecified atom stereocenters. The summed E-state index contributed by atoms with van der Waals surface area (Å²) in [5.41, 5.74) is 0.294. The zero-order chi connectivity index (χ0) is 18.9. The van der Waals surface area contributed by atoms with Gasteiger partial charge in [-0.15, -0.1) is 0 Å². The van der Waals surface area contributed by atoms with Crippen molar-refractivity contribution in [1.82, 2.24) is 4.98 Å². The van der Waals surface area contributed by atoms with Gasteiger partial charge in [0, 0.05) is 0 Å². The smallest absolute Gasteiger partial charge is 0.418 e. The molecule has 0 radical (unpaired) electrons. The van der Waals surface area contributed by atoms with E-state index in [1.54, 1.807) is 6.07 Å². The number of hydrogen-bond acceptors (Lipinski definition) is 4. The van der Waals surface area contributed by atoms with E-state index in [1.165, 1.54) is 36.6 Å². The van der Waals surface area contributed by atoms with Crippen molar-refractivity contribution in [3.05, 3.63) is 47.5 Å². The Balaban J connectivity index is 1.84. The number of para-hydroxylation sites is 1. The van der Waals surface area contributed by atoms with Gasteiger partial charge in [0.05, 0.1) is 23.1 Å². The van der Waals surface area contributed by atoms with Gasteiger partial charge in [-0.1, -0.05) is 29.5 Å². The predicted octanol–water partition coefficient (Wildman–Crippen LogP) is 5.28. The first-order valence-electron chi connectivity index (χ1n) is 7.48. The molecule has 3 rings (SSSR count). The lowest BCUT2D eigenvalue weighted by Crippen LogP contribution is -2.21. The minimum absolute atomic E-state index is 0.259. The zero-order valence-corrected chi connectivity index (χ0v) is 14.6. The number of methoxy groups -OCH3 is 1. The fourth-order valence-electron chi connectivity index (χ4n) is 2.42. The number of rotatable bonds is 3. The van der Waals surface area contributed by atoms with Gasteiger partial charge in [-0.3, -0.25) is 5.32 Å². The number of fused-ring (bicyclic) bond motifs is 1. The van der Waals surface area contributed by atoms with Crippen LogP contribution in [0.3, 0.4) is 0 Å². The normalized spacial score (nSPS) is 11.4. The summed E-state index contributed by atoms with van der Waals surface area (Å²) in [6.45, 7) is 1.89. The second kappa shape index (κ2) is 6.83. The Kier molecular flexibility index (Phi) is 4.73. The zero-order valence-electron chi connectivity index (χ0n) is 13.8. The van der Waals surface area contributed by atoms with E-state index in [1.807, 2.05) is 13.0 Å². The summed E-state index contributed by atoms with van der Waals surface area (Å²) in [5, 5.41) is 4.95. The molecule has 26 heavy (non-hydrogen) atoms. The van der Waals surface area contributed by atoms with E-state index in [0.717, 1.165) is 16.3 Å². The van der Waals surface area contributed by atoms with Crippen molar-refractivity contribution < 1.29 is 22.7 Å². The van der Waals surface area contributed by atoms with Gasteiger partial charge in [-0.2, -0.15) is 13.2 Å². The number of aryl methyl sites for hydroxylation is 1. The molecule has 2 N–H and O–H groups in total. The molecule has 0 aliphatic rings. The molecule has 0 saturated heterocycles. The molecule has 2 aromatic carbocycles. The van der Waals surface area contributed by atoms with Gasteiger partial charge in [-0.25, -0.2) is 9.78 Å². The Morgan fingerprint density at radius 2 is 1.88 bits per heavy atom. The number of nitrogens with one attached hydrogen (secondary N) is 2. The van der Waals surface area contributed by atoms with Gasteiger partial charge in [-0.05, 0) is 30.7 Å². The number of urea groups is 1. The SMILES string of the molecule is COc1ccc(C)c2sc(NC(=O)Nc3ccccc3C(F)(F)F)nc12. The molecular formula is C17H14F3N3O2S. The highest BCUT2D eigenvalue weighted by Gasteiger charge is 2.33. The van der Waals surface area contributed by atoms with Gasteiger partial charge in [0.1, 0.15) is 11.3 Å². The van der Waals surface area contributed by atoms with E-state index < -0.39 is 17.8 Å². The van der Waals surface area contributed by atoms with Crippen molar-refractivity contribution in [3.63, 3.8) is 0 Å².